The standard InChI is InChI=1S/C10H15N3O2/c1-7(10(14)15-13(3)4)9-5-11-8(2)12-6-9/h5-7H,1-4H3. The van der Waals surface area contributed by atoms with Crippen molar-refractivity contribution < 1.29 is 9.63 Å². The van der Waals surface area contributed by atoms with Gasteiger partial charge in [0.15, 0.2) is 0 Å². The first-order valence-electron chi connectivity index (χ1n) is 4.68. The molecule has 1 aromatic rings. The fraction of sp³-hybridized carbons (Fsp3) is 0.500. The lowest BCUT2D eigenvalue weighted by atomic mass is 10.1. The fourth-order valence-corrected chi connectivity index (χ4v) is 1.02. The topological polar surface area (TPSA) is 55.3 Å². The third-order valence-corrected chi connectivity index (χ3v) is 1.93. The molecule has 0 bridgehead atoms. The number of hydrogen-bond donors (Lipinski definition) is 0. The zero-order chi connectivity index (χ0) is 11.4. The van der Waals surface area contributed by atoms with E-state index in [0.717, 1.165) is 5.56 Å². The maximum absolute atomic E-state index is 11.5. The van der Waals surface area contributed by atoms with Crippen molar-refractivity contribution in [2.75, 3.05) is 14.1 Å². The molecule has 0 aliphatic carbocycles. The van der Waals surface area contributed by atoms with Gasteiger partial charge in [-0.2, -0.15) is 0 Å². The number of rotatable bonds is 3. The van der Waals surface area contributed by atoms with E-state index < -0.39 is 0 Å². The molecule has 1 rings (SSSR count). The maximum Gasteiger partial charge on any atom is 0.332 e. The van der Waals surface area contributed by atoms with Gasteiger partial charge in [-0.1, -0.05) is 0 Å². The summed E-state index contributed by atoms with van der Waals surface area (Å²) in [4.78, 5) is 24.5. The minimum absolute atomic E-state index is 0.313. The molecule has 1 atom stereocenters. The van der Waals surface area contributed by atoms with E-state index in [4.69, 9.17) is 4.84 Å². The minimum atomic E-state index is -0.354. The van der Waals surface area contributed by atoms with Crippen LogP contribution in [0.3, 0.4) is 0 Å². The molecule has 0 amide bonds. The predicted molar refractivity (Wildman–Crippen MR) is 55.0 cm³/mol. The number of nitrogens with zero attached hydrogens (tertiary/aromatic N) is 3. The summed E-state index contributed by atoms with van der Waals surface area (Å²) in [6, 6.07) is 0. The van der Waals surface area contributed by atoms with Crippen LogP contribution in [0.1, 0.15) is 24.2 Å². The molecular formula is C10H15N3O2. The molecular weight excluding hydrogens is 194 g/mol. The highest BCUT2D eigenvalue weighted by Crippen LogP contribution is 2.14. The van der Waals surface area contributed by atoms with E-state index in [2.05, 4.69) is 9.97 Å². The van der Waals surface area contributed by atoms with Crippen LogP contribution in [0.15, 0.2) is 12.4 Å². The lowest BCUT2D eigenvalue weighted by Crippen LogP contribution is -2.22. The average Bonchev–Trinajstić information content (AvgIpc) is 2.17. The molecule has 0 saturated heterocycles. The highest BCUT2D eigenvalue weighted by Gasteiger charge is 2.18. The Kier molecular flexibility index (Phi) is 3.74. The van der Waals surface area contributed by atoms with E-state index in [0.29, 0.717) is 5.82 Å². The zero-order valence-corrected chi connectivity index (χ0v) is 9.39. The molecule has 0 aliphatic heterocycles. The smallest absolute Gasteiger partial charge is 0.332 e. The van der Waals surface area contributed by atoms with E-state index in [-0.39, 0.29) is 11.9 Å². The first kappa shape index (κ1) is 11.6. The molecule has 5 nitrogen and oxygen atoms in total. The maximum atomic E-state index is 11.5. The summed E-state index contributed by atoms with van der Waals surface area (Å²) in [5, 5.41) is 1.37. The minimum Gasteiger partial charge on any atom is -0.368 e. The number of carbonyl (C=O) groups is 1. The van der Waals surface area contributed by atoms with Gasteiger partial charge < -0.3 is 4.84 Å². The van der Waals surface area contributed by atoms with E-state index in [1.165, 1.54) is 5.06 Å². The fourth-order valence-electron chi connectivity index (χ4n) is 1.02. The largest absolute Gasteiger partial charge is 0.368 e. The van der Waals surface area contributed by atoms with Crippen molar-refractivity contribution in [1.82, 2.24) is 15.0 Å². The zero-order valence-electron chi connectivity index (χ0n) is 9.39. The van der Waals surface area contributed by atoms with Crippen LogP contribution in [0.4, 0.5) is 0 Å². The number of carbonyl (C=O) groups excluding carboxylic acids is 1. The summed E-state index contributed by atoms with van der Waals surface area (Å²) in [5.74, 6) is 0.0207. The quantitative estimate of drug-likeness (QED) is 0.692. The third kappa shape index (κ3) is 3.28. The Morgan fingerprint density at radius 1 is 1.40 bits per heavy atom. The Labute approximate surface area is 89.0 Å². The van der Waals surface area contributed by atoms with Crippen LogP contribution in [0, 0.1) is 6.92 Å². The normalized spacial score (nSPS) is 12.6. The molecule has 0 saturated carbocycles. The van der Waals surface area contributed by atoms with Crippen LogP contribution in [0.25, 0.3) is 0 Å². The predicted octanol–water partition coefficient (Wildman–Crippen LogP) is 0.908. The molecule has 0 fully saturated rings. The average molecular weight is 209 g/mol. The summed E-state index contributed by atoms with van der Waals surface area (Å²) < 4.78 is 0. The van der Waals surface area contributed by atoms with E-state index in [9.17, 15) is 4.79 Å². The van der Waals surface area contributed by atoms with Gasteiger partial charge in [0.2, 0.25) is 0 Å². The van der Waals surface area contributed by atoms with Crippen LogP contribution in [0.5, 0.6) is 0 Å². The summed E-state index contributed by atoms with van der Waals surface area (Å²) in [6.45, 7) is 3.56. The molecule has 82 valence electrons. The molecule has 0 N–H and O–H groups in total. The summed E-state index contributed by atoms with van der Waals surface area (Å²) >= 11 is 0. The molecule has 0 aromatic carbocycles. The van der Waals surface area contributed by atoms with E-state index in [1.54, 1.807) is 40.3 Å². The van der Waals surface area contributed by atoms with E-state index in [1.807, 2.05) is 0 Å². The van der Waals surface area contributed by atoms with Crippen LogP contribution < -0.4 is 0 Å². The molecule has 0 aliphatic rings. The van der Waals surface area contributed by atoms with Crippen molar-refractivity contribution in [2.24, 2.45) is 0 Å². The van der Waals surface area contributed by atoms with E-state index >= 15 is 0 Å². The summed E-state index contributed by atoms with van der Waals surface area (Å²) in [7, 11) is 3.33. The van der Waals surface area contributed by atoms with Crippen molar-refractivity contribution in [1.29, 1.82) is 0 Å². The van der Waals surface area contributed by atoms with Crippen molar-refractivity contribution in [3.8, 4) is 0 Å². The lowest BCUT2D eigenvalue weighted by Gasteiger charge is -2.14. The molecule has 5 heteroatoms. The molecule has 1 unspecified atom stereocenters. The van der Waals surface area contributed by atoms with Crippen LogP contribution >= 0.6 is 0 Å². The van der Waals surface area contributed by atoms with Gasteiger partial charge in [-0.05, 0) is 13.8 Å². The molecule has 0 radical (unpaired) electrons. The van der Waals surface area contributed by atoms with Crippen molar-refractivity contribution in [2.45, 2.75) is 19.8 Å². The number of aryl methyl sites for hydroxylation is 1. The van der Waals surface area contributed by atoms with Gasteiger partial charge in [-0.3, -0.25) is 0 Å². The first-order chi connectivity index (χ1) is 7.00. The second kappa shape index (κ2) is 4.84. The number of aromatic nitrogens is 2. The second-order valence-electron chi connectivity index (χ2n) is 3.51. The Morgan fingerprint density at radius 2 is 1.93 bits per heavy atom. The number of hydrogen-bond acceptors (Lipinski definition) is 5. The Hall–Kier alpha value is -1.49. The summed E-state index contributed by atoms with van der Waals surface area (Å²) in [5.41, 5.74) is 0.757. The Morgan fingerprint density at radius 3 is 2.40 bits per heavy atom. The lowest BCUT2D eigenvalue weighted by molar-refractivity contribution is -0.179. The second-order valence-corrected chi connectivity index (χ2v) is 3.51. The van der Waals surface area contributed by atoms with Gasteiger partial charge in [0.05, 0.1) is 5.92 Å². The Balaban J connectivity index is 2.71. The van der Waals surface area contributed by atoms with Gasteiger partial charge in [0, 0.05) is 32.1 Å². The number of hydroxylamine groups is 2. The van der Waals surface area contributed by atoms with Crippen molar-refractivity contribution in [3.63, 3.8) is 0 Å². The highest BCUT2D eigenvalue weighted by molar-refractivity contribution is 5.77. The SMILES string of the molecule is Cc1ncc(C(C)C(=O)ON(C)C)cn1. The van der Waals surface area contributed by atoms with Crippen LogP contribution in [-0.4, -0.2) is 35.1 Å². The van der Waals surface area contributed by atoms with Gasteiger partial charge in [0.25, 0.3) is 0 Å². The molecule has 0 spiro atoms. The monoisotopic (exact) mass is 209 g/mol. The van der Waals surface area contributed by atoms with Gasteiger partial charge in [-0.25, -0.2) is 14.8 Å². The van der Waals surface area contributed by atoms with Crippen LogP contribution in [-0.2, 0) is 9.63 Å². The van der Waals surface area contributed by atoms with Crippen molar-refractivity contribution in [3.05, 3.63) is 23.8 Å². The Bertz CT molecular complexity index is 335. The highest BCUT2D eigenvalue weighted by atomic mass is 16.7. The van der Waals surface area contributed by atoms with Crippen LogP contribution in [0.2, 0.25) is 0 Å². The first-order valence-corrected chi connectivity index (χ1v) is 4.68. The van der Waals surface area contributed by atoms with Gasteiger partial charge in [0.1, 0.15) is 5.82 Å². The van der Waals surface area contributed by atoms with Crippen molar-refractivity contribution >= 4 is 5.97 Å². The summed E-state index contributed by atoms with van der Waals surface area (Å²) in [6.07, 6.45) is 3.29. The van der Waals surface area contributed by atoms with Gasteiger partial charge >= 0.3 is 5.97 Å². The molecule has 1 heterocycles. The van der Waals surface area contributed by atoms with Gasteiger partial charge in [-0.15, -0.1) is 5.06 Å². The molecule has 1 aromatic heterocycles. The third-order valence-electron chi connectivity index (χ3n) is 1.93. The molecule has 15 heavy (non-hydrogen) atoms.